The maximum Gasteiger partial charge on any atom is 0.310 e. The summed E-state index contributed by atoms with van der Waals surface area (Å²) in [7, 11) is -3.58. The summed E-state index contributed by atoms with van der Waals surface area (Å²) in [6.07, 6.45) is 1.19. The van der Waals surface area contributed by atoms with Crippen LogP contribution in [-0.4, -0.2) is 67.0 Å². The Labute approximate surface area is 119 Å². The normalized spacial score (nSPS) is 29.5. The van der Waals surface area contributed by atoms with E-state index in [-0.39, 0.29) is 25.0 Å². The molecule has 7 nitrogen and oxygen atoms in total. The highest BCUT2D eigenvalue weighted by Crippen LogP contribution is 2.24. The molecule has 2 aliphatic rings. The van der Waals surface area contributed by atoms with Gasteiger partial charge in [0, 0.05) is 26.2 Å². The standard InChI is InChI=1S/C12H22N2O5S/c1-2-19-12(16)10-4-3-6-13(8-10)20(17,18)14-7-5-11(15)9-14/h10-11,15H,2-9H2,1H3. The predicted molar refractivity (Wildman–Crippen MR) is 72.0 cm³/mol. The fraction of sp³-hybridized carbons (Fsp3) is 0.917. The summed E-state index contributed by atoms with van der Waals surface area (Å²) in [5.41, 5.74) is 0. The van der Waals surface area contributed by atoms with E-state index >= 15 is 0 Å². The molecule has 2 saturated heterocycles. The summed E-state index contributed by atoms with van der Waals surface area (Å²) in [5.74, 6) is -0.708. The number of ether oxygens (including phenoxy) is 1. The van der Waals surface area contributed by atoms with Gasteiger partial charge in [-0.15, -0.1) is 0 Å². The van der Waals surface area contributed by atoms with Gasteiger partial charge in [0.05, 0.1) is 18.6 Å². The predicted octanol–water partition coefficient (Wildman–Crippen LogP) is -0.427. The van der Waals surface area contributed by atoms with Gasteiger partial charge in [0.2, 0.25) is 0 Å². The maximum atomic E-state index is 12.4. The molecule has 0 aliphatic carbocycles. The minimum atomic E-state index is -3.58. The van der Waals surface area contributed by atoms with Crippen molar-refractivity contribution in [1.82, 2.24) is 8.61 Å². The van der Waals surface area contributed by atoms with Crippen molar-refractivity contribution in [3.63, 3.8) is 0 Å². The SMILES string of the molecule is CCOC(=O)C1CCCN(S(=O)(=O)N2CCC(O)C2)C1. The van der Waals surface area contributed by atoms with Crippen LogP contribution in [0.1, 0.15) is 26.2 Å². The van der Waals surface area contributed by atoms with Crippen molar-refractivity contribution < 1.29 is 23.1 Å². The molecule has 20 heavy (non-hydrogen) atoms. The van der Waals surface area contributed by atoms with Crippen LogP contribution in [-0.2, 0) is 19.7 Å². The number of rotatable bonds is 4. The molecule has 2 rings (SSSR count). The first-order chi connectivity index (χ1) is 9.45. The van der Waals surface area contributed by atoms with E-state index in [0.717, 1.165) is 0 Å². The molecule has 2 unspecified atom stereocenters. The Morgan fingerprint density at radius 2 is 1.95 bits per heavy atom. The van der Waals surface area contributed by atoms with E-state index in [0.29, 0.717) is 39.0 Å². The van der Waals surface area contributed by atoms with Crippen LogP contribution in [0.2, 0.25) is 0 Å². The van der Waals surface area contributed by atoms with Crippen molar-refractivity contribution in [3.8, 4) is 0 Å². The number of esters is 1. The van der Waals surface area contributed by atoms with Crippen LogP contribution >= 0.6 is 0 Å². The van der Waals surface area contributed by atoms with Gasteiger partial charge in [0.25, 0.3) is 10.2 Å². The molecule has 0 amide bonds. The molecule has 8 heteroatoms. The Morgan fingerprint density at radius 3 is 2.55 bits per heavy atom. The van der Waals surface area contributed by atoms with Crippen LogP contribution in [0.15, 0.2) is 0 Å². The lowest BCUT2D eigenvalue weighted by atomic mass is 10.0. The second-order valence-electron chi connectivity index (χ2n) is 5.26. The smallest absolute Gasteiger partial charge is 0.310 e. The minimum absolute atomic E-state index is 0.142. The minimum Gasteiger partial charge on any atom is -0.466 e. The highest BCUT2D eigenvalue weighted by Gasteiger charge is 2.38. The van der Waals surface area contributed by atoms with Crippen molar-refractivity contribution in [1.29, 1.82) is 0 Å². The van der Waals surface area contributed by atoms with Gasteiger partial charge >= 0.3 is 5.97 Å². The van der Waals surface area contributed by atoms with E-state index in [1.165, 1.54) is 8.61 Å². The van der Waals surface area contributed by atoms with E-state index in [1.54, 1.807) is 6.92 Å². The topological polar surface area (TPSA) is 87.2 Å². The molecule has 2 atom stereocenters. The van der Waals surface area contributed by atoms with Crippen molar-refractivity contribution in [2.45, 2.75) is 32.3 Å². The Morgan fingerprint density at radius 1 is 1.25 bits per heavy atom. The number of nitrogens with zero attached hydrogens (tertiary/aromatic N) is 2. The molecule has 1 N–H and O–H groups in total. The Hall–Kier alpha value is -0.700. The van der Waals surface area contributed by atoms with E-state index in [1.807, 2.05) is 0 Å². The van der Waals surface area contributed by atoms with Gasteiger partial charge in [0.15, 0.2) is 0 Å². The second-order valence-corrected chi connectivity index (χ2v) is 7.19. The molecule has 0 aromatic rings. The molecule has 116 valence electrons. The van der Waals surface area contributed by atoms with Crippen LogP contribution in [0.3, 0.4) is 0 Å². The van der Waals surface area contributed by atoms with Crippen LogP contribution < -0.4 is 0 Å². The first-order valence-corrected chi connectivity index (χ1v) is 8.44. The fourth-order valence-electron chi connectivity index (χ4n) is 2.69. The molecule has 2 fully saturated rings. The van der Waals surface area contributed by atoms with E-state index in [2.05, 4.69) is 0 Å². The van der Waals surface area contributed by atoms with Crippen molar-refractivity contribution in [2.24, 2.45) is 5.92 Å². The number of hydrogen-bond acceptors (Lipinski definition) is 5. The molecule has 2 aliphatic heterocycles. The van der Waals surface area contributed by atoms with Crippen molar-refractivity contribution in [2.75, 3.05) is 32.8 Å². The third-order valence-corrected chi connectivity index (χ3v) is 5.75. The zero-order valence-electron chi connectivity index (χ0n) is 11.7. The number of piperidine rings is 1. The summed E-state index contributed by atoms with van der Waals surface area (Å²) in [4.78, 5) is 11.7. The maximum absolute atomic E-state index is 12.4. The molecule has 0 bridgehead atoms. The number of hydrogen-bond donors (Lipinski definition) is 1. The van der Waals surface area contributed by atoms with E-state index in [9.17, 15) is 18.3 Å². The summed E-state index contributed by atoms with van der Waals surface area (Å²) in [6.45, 7) is 3.12. The zero-order valence-corrected chi connectivity index (χ0v) is 12.5. The highest BCUT2D eigenvalue weighted by molar-refractivity contribution is 7.86. The third kappa shape index (κ3) is 3.30. The Bertz CT molecular complexity index is 453. The average molecular weight is 306 g/mol. The summed E-state index contributed by atoms with van der Waals surface area (Å²) in [5, 5.41) is 9.47. The first kappa shape index (κ1) is 15.7. The first-order valence-electron chi connectivity index (χ1n) is 7.05. The average Bonchev–Trinajstić information content (AvgIpc) is 2.86. The number of carbonyl (C=O) groups excluding carboxylic acids is 1. The molecule has 0 aromatic carbocycles. The lowest BCUT2D eigenvalue weighted by Gasteiger charge is -2.33. The highest BCUT2D eigenvalue weighted by atomic mass is 32.2. The monoisotopic (exact) mass is 306 g/mol. The van der Waals surface area contributed by atoms with Crippen molar-refractivity contribution in [3.05, 3.63) is 0 Å². The zero-order chi connectivity index (χ0) is 14.8. The number of β-amino-alcohol motifs (C(OH)–C–C–N with tert-alkyl or cyclic N) is 1. The molecular weight excluding hydrogens is 284 g/mol. The summed E-state index contributed by atoms with van der Waals surface area (Å²) >= 11 is 0. The molecule has 0 spiro atoms. The largest absolute Gasteiger partial charge is 0.466 e. The lowest BCUT2D eigenvalue weighted by molar-refractivity contribution is -0.149. The van der Waals surface area contributed by atoms with Crippen LogP contribution in [0.25, 0.3) is 0 Å². The number of aliphatic hydroxyl groups is 1. The van der Waals surface area contributed by atoms with Gasteiger partial charge in [-0.05, 0) is 26.2 Å². The van der Waals surface area contributed by atoms with Gasteiger partial charge in [0.1, 0.15) is 0 Å². The van der Waals surface area contributed by atoms with Gasteiger partial charge in [-0.2, -0.15) is 17.0 Å². The summed E-state index contributed by atoms with van der Waals surface area (Å²) in [6, 6.07) is 0. The summed E-state index contributed by atoms with van der Waals surface area (Å²) < 4.78 is 32.5. The van der Waals surface area contributed by atoms with Crippen LogP contribution in [0, 0.1) is 5.92 Å². The second kappa shape index (κ2) is 6.38. The van der Waals surface area contributed by atoms with E-state index in [4.69, 9.17) is 4.74 Å². The fourth-order valence-corrected chi connectivity index (χ4v) is 4.44. The van der Waals surface area contributed by atoms with Crippen LogP contribution in [0.4, 0.5) is 0 Å². The van der Waals surface area contributed by atoms with Gasteiger partial charge in [-0.25, -0.2) is 0 Å². The third-order valence-electron chi connectivity index (χ3n) is 3.78. The van der Waals surface area contributed by atoms with Gasteiger partial charge in [-0.1, -0.05) is 0 Å². The number of aliphatic hydroxyl groups excluding tert-OH is 1. The molecular formula is C12H22N2O5S. The Kier molecular flexibility index (Phi) is 5.00. The Balaban J connectivity index is 2.02. The number of carbonyl (C=O) groups is 1. The van der Waals surface area contributed by atoms with Crippen LogP contribution in [0.5, 0.6) is 0 Å². The quantitative estimate of drug-likeness (QED) is 0.712. The molecule has 0 radical (unpaired) electrons. The molecule has 0 aromatic heterocycles. The lowest BCUT2D eigenvalue weighted by Crippen LogP contribution is -2.48. The van der Waals surface area contributed by atoms with Crippen molar-refractivity contribution >= 4 is 16.2 Å². The van der Waals surface area contributed by atoms with Gasteiger partial charge in [-0.3, -0.25) is 4.79 Å². The van der Waals surface area contributed by atoms with E-state index < -0.39 is 16.3 Å². The van der Waals surface area contributed by atoms with Gasteiger partial charge < -0.3 is 9.84 Å². The molecule has 0 saturated carbocycles. The molecule has 2 heterocycles.